The van der Waals surface area contributed by atoms with E-state index >= 15 is 0 Å². The topological polar surface area (TPSA) is 47.3 Å². The highest BCUT2D eigenvalue weighted by atomic mass is 19.1. The molecule has 1 aliphatic rings. The van der Waals surface area contributed by atoms with E-state index in [2.05, 4.69) is 12.2 Å². The fourth-order valence-electron chi connectivity index (χ4n) is 2.48. The van der Waals surface area contributed by atoms with E-state index in [0.717, 1.165) is 26.0 Å². The number of anilines is 1. The molecule has 0 bridgehead atoms. The van der Waals surface area contributed by atoms with Crippen LogP contribution in [0.4, 0.5) is 10.1 Å². The van der Waals surface area contributed by atoms with Gasteiger partial charge in [0.05, 0.1) is 6.10 Å². The SMILES string of the molecule is CCC1OCCC1CNCc1ccc(N)cc1F. The molecule has 0 radical (unpaired) electrons. The zero-order valence-corrected chi connectivity index (χ0v) is 10.8. The van der Waals surface area contributed by atoms with Gasteiger partial charge in [0.15, 0.2) is 0 Å². The van der Waals surface area contributed by atoms with E-state index in [1.165, 1.54) is 6.07 Å². The quantitative estimate of drug-likeness (QED) is 0.791. The Bertz CT molecular complexity index is 397. The minimum absolute atomic E-state index is 0.239. The first-order valence-electron chi connectivity index (χ1n) is 6.57. The second kappa shape index (κ2) is 6.16. The standard InChI is InChI=1S/C14H21FN2O/c1-2-14-11(5-6-18-14)9-17-8-10-3-4-12(16)7-13(10)15/h3-4,7,11,14,17H,2,5-6,8-9,16H2,1H3. The molecule has 2 rings (SSSR count). The Hall–Kier alpha value is -1.13. The third kappa shape index (κ3) is 3.21. The van der Waals surface area contributed by atoms with Crippen molar-refractivity contribution < 1.29 is 9.13 Å². The molecular formula is C14H21FN2O. The van der Waals surface area contributed by atoms with Crippen molar-refractivity contribution in [2.45, 2.75) is 32.4 Å². The number of nitrogens with two attached hydrogens (primary N) is 1. The summed E-state index contributed by atoms with van der Waals surface area (Å²) in [7, 11) is 0. The van der Waals surface area contributed by atoms with E-state index in [9.17, 15) is 4.39 Å². The van der Waals surface area contributed by atoms with Crippen molar-refractivity contribution in [3.05, 3.63) is 29.6 Å². The Kier molecular flexibility index (Phi) is 4.55. The number of rotatable bonds is 5. The Labute approximate surface area is 108 Å². The van der Waals surface area contributed by atoms with Crippen LogP contribution in [0.2, 0.25) is 0 Å². The van der Waals surface area contributed by atoms with Crippen molar-refractivity contribution in [2.75, 3.05) is 18.9 Å². The van der Waals surface area contributed by atoms with E-state index in [0.29, 0.717) is 29.8 Å². The van der Waals surface area contributed by atoms with Crippen LogP contribution in [-0.2, 0) is 11.3 Å². The highest BCUT2D eigenvalue weighted by molar-refractivity contribution is 5.40. The summed E-state index contributed by atoms with van der Waals surface area (Å²) in [4.78, 5) is 0. The Morgan fingerprint density at radius 2 is 2.33 bits per heavy atom. The molecule has 100 valence electrons. The molecule has 18 heavy (non-hydrogen) atoms. The van der Waals surface area contributed by atoms with Crippen LogP contribution in [0, 0.1) is 11.7 Å². The Morgan fingerprint density at radius 3 is 3.06 bits per heavy atom. The van der Waals surface area contributed by atoms with E-state index in [4.69, 9.17) is 10.5 Å². The van der Waals surface area contributed by atoms with Crippen molar-refractivity contribution in [3.8, 4) is 0 Å². The number of halogens is 1. The number of hydrogen-bond donors (Lipinski definition) is 2. The van der Waals surface area contributed by atoms with Gasteiger partial charge in [0.25, 0.3) is 0 Å². The Balaban J connectivity index is 1.81. The third-order valence-electron chi connectivity index (χ3n) is 3.55. The smallest absolute Gasteiger partial charge is 0.129 e. The number of nitrogens with one attached hydrogen (secondary N) is 1. The van der Waals surface area contributed by atoms with Crippen LogP contribution in [0.15, 0.2) is 18.2 Å². The molecule has 1 aliphatic heterocycles. The summed E-state index contributed by atoms with van der Waals surface area (Å²) in [6, 6.07) is 4.83. The van der Waals surface area contributed by atoms with Crippen molar-refractivity contribution in [1.82, 2.24) is 5.32 Å². The molecule has 1 fully saturated rings. The van der Waals surface area contributed by atoms with Gasteiger partial charge in [-0.25, -0.2) is 4.39 Å². The van der Waals surface area contributed by atoms with Crippen LogP contribution < -0.4 is 11.1 Å². The zero-order valence-electron chi connectivity index (χ0n) is 10.8. The molecule has 3 nitrogen and oxygen atoms in total. The lowest BCUT2D eigenvalue weighted by molar-refractivity contribution is 0.0872. The molecule has 2 unspecified atom stereocenters. The maximum absolute atomic E-state index is 13.5. The van der Waals surface area contributed by atoms with E-state index < -0.39 is 0 Å². The zero-order chi connectivity index (χ0) is 13.0. The van der Waals surface area contributed by atoms with Crippen molar-refractivity contribution >= 4 is 5.69 Å². The summed E-state index contributed by atoms with van der Waals surface area (Å²) < 4.78 is 19.2. The van der Waals surface area contributed by atoms with Crippen molar-refractivity contribution in [1.29, 1.82) is 0 Å². The van der Waals surface area contributed by atoms with Crippen molar-refractivity contribution in [3.63, 3.8) is 0 Å². The lowest BCUT2D eigenvalue weighted by atomic mass is 9.99. The predicted molar refractivity (Wildman–Crippen MR) is 70.7 cm³/mol. The summed E-state index contributed by atoms with van der Waals surface area (Å²) in [5.41, 5.74) is 6.64. The monoisotopic (exact) mass is 252 g/mol. The molecule has 0 spiro atoms. The second-order valence-corrected chi connectivity index (χ2v) is 4.85. The summed E-state index contributed by atoms with van der Waals surface area (Å²) >= 11 is 0. The van der Waals surface area contributed by atoms with Crippen molar-refractivity contribution in [2.24, 2.45) is 5.92 Å². The highest BCUT2D eigenvalue weighted by Crippen LogP contribution is 2.22. The van der Waals surface area contributed by atoms with E-state index in [1.54, 1.807) is 12.1 Å². The first-order chi connectivity index (χ1) is 8.70. The summed E-state index contributed by atoms with van der Waals surface area (Å²) in [6.45, 7) is 4.41. The molecule has 1 saturated heterocycles. The highest BCUT2D eigenvalue weighted by Gasteiger charge is 2.25. The molecule has 0 amide bonds. The molecule has 0 aromatic heterocycles. The molecule has 1 aromatic rings. The van der Waals surface area contributed by atoms with Crippen LogP contribution >= 0.6 is 0 Å². The molecule has 0 aliphatic carbocycles. The predicted octanol–water partition coefficient (Wildman–Crippen LogP) is 2.31. The van der Waals surface area contributed by atoms with E-state index in [-0.39, 0.29) is 5.82 Å². The fraction of sp³-hybridized carbons (Fsp3) is 0.571. The summed E-state index contributed by atoms with van der Waals surface area (Å²) in [5, 5.41) is 3.31. The average Bonchev–Trinajstić information content (AvgIpc) is 2.79. The fourth-order valence-corrected chi connectivity index (χ4v) is 2.48. The van der Waals surface area contributed by atoms with Crippen LogP contribution in [0.3, 0.4) is 0 Å². The van der Waals surface area contributed by atoms with Crippen LogP contribution in [0.1, 0.15) is 25.3 Å². The molecule has 1 aromatic carbocycles. The normalized spacial score (nSPS) is 23.4. The minimum atomic E-state index is -0.239. The number of benzene rings is 1. The molecule has 2 atom stereocenters. The molecule has 3 N–H and O–H groups in total. The van der Waals surface area contributed by atoms with Gasteiger partial charge in [-0.15, -0.1) is 0 Å². The van der Waals surface area contributed by atoms with Crippen LogP contribution in [0.5, 0.6) is 0 Å². The molecule has 4 heteroatoms. The van der Waals surface area contributed by atoms with E-state index in [1.807, 2.05) is 0 Å². The van der Waals surface area contributed by atoms with Gasteiger partial charge >= 0.3 is 0 Å². The summed E-state index contributed by atoms with van der Waals surface area (Å²) in [6.07, 6.45) is 2.49. The van der Waals surface area contributed by atoms with Gasteiger partial charge in [0.1, 0.15) is 5.82 Å². The first-order valence-corrected chi connectivity index (χ1v) is 6.57. The second-order valence-electron chi connectivity index (χ2n) is 4.85. The third-order valence-corrected chi connectivity index (χ3v) is 3.55. The Morgan fingerprint density at radius 1 is 1.50 bits per heavy atom. The van der Waals surface area contributed by atoms with Gasteiger partial charge in [-0.3, -0.25) is 0 Å². The molecule has 1 heterocycles. The summed E-state index contributed by atoms with van der Waals surface area (Å²) in [5.74, 6) is 0.309. The van der Waals surface area contributed by atoms with Gasteiger partial charge in [-0.2, -0.15) is 0 Å². The number of hydrogen-bond acceptors (Lipinski definition) is 3. The van der Waals surface area contributed by atoms with Crippen LogP contribution in [0.25, 0.3) is 0 Å². The average molecular weight is 252 g/mol. The molecular weight excluding hydrogens is 231 g/mol. The van der Waals surface area contributed by atoms with Gasteiger partial charge in [0, 0.05) is 30.9 Å². The maximum Gasteiger partial charge on any atom is 0.129 e. The molecule has 0 saturated carbocycles. The lowest BCUT2D eigenvalue weighted by Crippen LogP contribution is -2.28. The van der Waals surface area contributed by atoms with Gasteiger partial charge in [-0.05, 0) is 30.9 Å². The minimum Gasteiger partial charge on any atom is -0.399 e. The van der Waals surface area contributed by atoms with Crippen LogP contribution in [-0.4, -0.2) is 19.3 Å². The van der Waals surface area contributed by atoms with Gasteiger partial charge in [0.2, 0.25) is 0 Å². The first kappa shape index (κ1) is 13.3. The lowest BCUT2D eigenvalue weighted by Gasteiger charge is -2.17. The van der Waals surface area contributed by atoms with Gasteiger partial charge in [-0.1, -0.05) is 13.0 Å². The maximum atomic E-state index is 13.5. The number of ether oxygens (including phenoxy) is 1. The largest absolute Gasteiger partial charge is 0.399 e. The number of nitrogen functional groups attached to an aromatic ring is 1. The van der Waals surface area contributed by atoms with Gasteiger partial charge < -0.3 is 15.8 Å².